The third-order valence-electron chi connectivity index (χ3n) is 3.45. The number of ether oxygens (including phenoxy) is 3. The normalized spacial score (nSPS) is 12.7. The van der Waals surface area contributed by atoms with Gasteiger partial charge in [-0.05, 0) is 49.2 Å². The molecule has 0 spiro atoms. The Balaban J connectivity index is 1.55. The molecule has 5 heteroatoms. The zero-order valence-electron chi connectivity index (χ0n) is 13.3. The molecule has 0 bridgehead atoms. The maximum Gasteiger partial charge on any atom is 0.231 e. The highest BCUT2D eigenvalue weighted by molar-refractivity contribution is 6.32. The summed E-state index contributed by atoms with van der Waals surface area (Å²) >= 11 is 6.25. The van der Waals surface area contributed by atoms with Gasteiger partial charge in [0.2, 0.25) is 6.79 Å². The first-order valence-electron chi connectivity index (χ1n) is 7.66. The number of benzene rings is 2. The molecular formula is C18H20ClNO3. The second-order valence-electron chi connectivity index (χ2n) is 5.72. The number of hydrogen-bond acceptors (Lipinski definition) is 4. The van der Waals surface area contributed by atoms with Crippen LogP contribution in [0.4, 0.5) is 0 Å². The van der Waals surface area contributed by atoms with E-state index in [4.69, 9.17) is 25.8 Å². The summed E-state index contributed by atoms with van der Waals surface area (Å²) in [5, 5.41) is 4.04. The molecule has 0 amide bonds. The van der Waals surface area contributed by atoms with Crippen molar-refractivity contribution in [3.05, 3.63) is 52.5 Å². The summed E-state index contributed by atoms with van der Waals surface area (Å²) in [4.78, 5) is 0. The fourth-order valence-electron chi connectivity index (χ4n) is 2.41. The number of halogens is 1. The largest absolute Gasteiger partial charge is 0.489 e. The molecule has 0 saturated carbocycles. The fourth-order valence-corrected chi connectivity index (χ4v) is 2.65. The molecule has 0 atom stereocenters. The van der Waals surface area contributed by atoms with Gasteiger partial charge >= 0.3 is 0 Å². The van der Waals surface area contributed by atoms with E-state index in [-0.39, 0.29) is 6.10 Å². The molecule has 1 aliphatic heterocycles. The zero-order valence-corrected chi connectivity index (χ0v) is 14.0. The van der Waals surface area contributed by atoms with E-state index in [1.807, 2.05) is 50.2 Å². The van der Waals surface area contributed by atoms with Crippen molar-refractivity contribution in [3.63, 3.8) is 0 Å². The predicted molar refractivity (Wildman–Crippen MR) is 90.3 cm³/mol. The summed E-state index contributed by atoms with van der Waals surface area (Å²) in [7, 11) is 0. The van der Waals surface area contributed by atoms with Crippen molar-refractivity contribution in [2.75, 3.05) is 6.79 Å². The molecule has 3 rings (SSSR count). The van der Waals surface area contributed by atoms with E-state index in [9.17, 15) is 0 Å². The van der Waals surface area contributed by atoms with Gasteiger partial charge < -0.3 is 19.5 Å². The lowest BCUT2D eigenvalue weighted by molar-refractivity contribution is 0.174. The topological polar surface area (TPSA) is 39.7 Å². The van der Waals surface area contributed by atoms with E-state index in [1.54, 1.807) is 0 Å². The average Bonchev–Trinajstić information content (AvgIpc) is 2.97. The zero-order chi connectivity index (χ0) is 16.2. The van der Waals surface area contributed by atoms with Crippen LogP contribution in [-0.2, 0) is 13.1 Å². The first-order chi connectivity index (χ1) is 11.1. The van der Waals surface area contributed by atoms with Crippen molar-refractivity contribution < 1.29 is 14.2 Å². The van der Waals surface area contributed by atoms with Gasteiger partial charge in [0.1, 0.15) is 5.75 Å². The lowest BCUT2D eigenvalue weighted by atomic mass is 10.2. The van der Waals surface area contributed by atoms with Gasteiger partial charge in [-0.3, -0.25) is 0 Å². The molecule has 4 nitrogen and oxygen atoms in total. The summed E-state index contributed by atoms with van der Waals surface area (Å²) < 4.78 is 16.3. The number of fused-ring (bicyclic) bond motifs is 1. The Labute approximate surface area is 141 Å². The summed E-state index contributed by atoms with van der Waals surface area (Å²) in [6.45, 7) is 5.75. The molecule has 1 N–H and O–H groups in total. The Bertz CT molecular complexity index is 688. The molecule has 0 unspecified atom stereocenters. The Hall–Kier alpha value is -1.91. The molecule has 23 heavy (non-hydrogen) atoms. The van der Waals surface area contributed by atoms with Gasteiger partial charge in [-0.1, -0.05) is 23.7 Å². The van der Waals surface area contributed by atoms with Crippen LogP contribution in [0.2, 0.25) is 5.02 Å². The first-order valence-corrected chi connectivity index (χ1v) is 8.04. The Morgan fingerprint density at radius 2 is 1.74 bits per heavy atom. The number of nitrogens with one attached hydrogen (secondary N) is 1. The lowest BCUT2D eigenvalue weighted by Gasteiger charge is -2.12. The summed E-state index contributed by atoms with van der Waals surface area (Å²) in [5.41, 5.74) is 2.27. The maximum absolute atomic E-state index is 6.25. The van der Waals surface area contributed by atoms with Crippen LogP contribution in [0.5, 0.6) is 17.2 Å². The van der Waals surface area contributed by atoms with Gasteiger partial charge in [0, 0.05) is 13.1 Å². The van der Waals surface area contributed by atoms with Crippen LogP contribution < -0.4 is 19.5 Å². The van der Waals surface area contributed by atoms with Gasteiger partial charge in [0.25, 0.3) is 0 Å². The summed E-state index contributed by atoms with van der Waals surface area (Å²) in [6, 6.07) is 11.9. The van der Waals surface area contributed by atoms with Crippen molar-refractivity contribution in [2.24, 2.45) is 0 Å². The molecule has 0 aromatic heterocycles. The van der Waals surface area contributed by atoms with E-state index < -0.39 is 0 Å². The van der Waals surface area contributed by atoms with Crippen LogP contribution in [0, 0.1) is 0 Å². The van der Waals surface area contributed by atoms with Gasteiger partial charge in [0.05, 0.1) is 11.1 Å². The van der Waals surface area contributed by atoms with E-state index in [1.165, 1.54) is 0 Å². The standard InChI is InChI=1S/C18H20ClNO3/c1-12(2)23-16-5-3-13(7-15(16)19)9-20-10-14-4-6-17-18(8-14)22-11-21-17/h3-8,12,20H,9-11H2,1-2H3. The molecule has 0 saturated heterocycles. The number of rotatable bonds is 6. The third-order valence-corrected chi connectivity index (χ3v) is 3.75. The quantitative estimate of drug-likeness (QED) is 0.862. The Morgan fingerprint density at radius 3 is 2.48 bits per heavy atom. The molecule has 2 aromatic carbocycles. The highest BCUT2D eigenvalue weighted by Crippen LogP contribution is 2.32. The van der Waals surface area contributed by atoms with Crippen molar-refractivity contribution in [3.8, 4) is 17.2 Å². The molecule has 0 radical (unpaired) electrons. The maximum atomic E-state index is 6.25. The van der Waals surface area contributed by atoms with E-state index >= 15 is 0 Å². The van der Waals surface area contributed by atoms with Gasteiger partial charge in [-0.2, -0.15) is 0 Å². The van der Waals surface area contributed by atoms with Crippen LogP contribution in [0.25, 0.3) is 0 Å². The molecule has 0 fully saturated rings. The van der Waals surface area contributed by atoms with Crippen LogP contribution in [-0.4, -0.2) is 12.9 Å². The second kappa shape index (κ2) is 7.11. The Morgan fingerprint density at radius 1 is 1.04 bits per heavy atom. The van der Waals surface area contributed by atoms with Gasteiger partial charge in [0.15, 0.2) is 11.5 Å². The fraction of sp³-hybridized carbons (Fsp3) is 0.333. The molecule has 1 aliphatic rings. The van der Waals surface area contributed by atoms with Gasteiger partial charge in [-0.25, -0.2) is 0 Å². The number of hydrogen-bond donors (Lipinski definition) is 1. The van der Waals surface area contributed by atoms with Crippen LogP contribution >= 0.6 is 11.6 Å². The molecule has 122 valence electrons. The van der Waals surface area contributed by atoms with Crippen LogP contribution in [0.3, 0.4) is 0 Å². The third kappa shape index (κ3) is 4.09. The Kier molecular flexibility index (Phi) is 4.94. The molecule has 1 heterocycles. The molecular weight excluding hydrogens is 314 g/mol. The monoisotopic (exact) mass is 333 g/mol. The van der Waals surface area contributed by atoms with E-state index in [2.05, 4.69) is 5.32 Å². The average molecular weight is 334 g/mol. The minimum absolute atomic E-state index is 0.113. The predicted octanol–water partition coefficient (Wildman–Crippen LogP) is 4.15. The summed E-state index contributed by atoms with van der Waals surface area (Å²) in [6.07, 6.45) is 0.113. The first kappa shape index (κ1) is 16.0. The summed E-state index contributed by atoms with van der Waals surface area (Å²) in [5.74, 6) is 2.34. The minimum Gasteiger partial charge on any atom is -0.489 e. The van der Waals surface area contributed by atoms with Crippen molar-refractivity contribution >= 4 is 11.6 Å². The molecule has 2 aromatic rings. The minimum atomic E-state index is 0.113. The van der Waals surface area contributed by atoms with Crippen LogP contribution in [0.15, 0.2) is 36.4 Å². The molecule has 0 aliphatic carbocycles. The van der Waals surface area contributed by atoms with Crippen LogP contribution in [0.1, 0.15) is 25.0 Å². The lowest BCUT2D eigenvalue weighted by Crippen LogP contribution is -2.13. The van der Waals surface area contributed by atoms with Crippen molar-refractivity contribution in [2.45, 2.75) is 33.0 Å². The highest BCUT2D eigenvalue weighted by atomic mass is 35.5. The van der Waals surface area contributed by atoms with Crippen molar-refractivity contribution in [1.82, 2.24) is 5.32 Å². The van der Waals surface area contributed by atoms with E-state index in [0.29, 0.717) is 11.8 Å². The SMILES string of the molecule is CC(C)Oc1ccc(CNCc2ccc3c(c2)OCO3)cc1Cl. The van der Waals surface area contributed by atoms with E-state index in [0.717, 1.165) is 41.5 Å². The highest BCUT2D eigenvalue weighted by Gasteiger charge is 2.13. The second-order valence-corrected chi connectivity index (χ2v) is 6.13. The smallest absolute Gasteiger partial charge is 0.231 e. The van der Waals surface area contributed by atoms with Gasteiger partial charge in [-0.15, -0.1) is 0 Å². The van der Waals surface area contributed by atoms with Crippen molar-refractivity contribution in [1.29, 1.82) is 0 Å².